The minimum Gasteiger partial charge on any atom is -0.508 e. The van der Waals surface area contributed by atoms with E-state index in [-0.39, 0.29) is 36.5 Å². The number of carbonyl (C=O) groups excluding carboxylic acids is 2. The number of hydrogen-bond donors (Lipinski definition) is 3. The van der Waals surface area contributed by atoms with Gasteiger partial charge in [-0.1, -0.05) is 46.8 Å². The number of esters is 2. The Kier molecular flexibility index (Phi) is 9.65. The molecule has 0 aliphatic carbocycles. The molecule has 3 fully saturated rings. The number of phenols is 1. The zero-order chi connectivity index (χ0) is 31.0. The highest BCUT2D eigenvalue weighted by Gasteiger charge is 2.64. The van der Waals surface area contributed by atoms with Gasteiger partial charge in [0.05, 0.1) is 31.2 Å². The summed E-state index contributed by atoms with van der Waals surface area (Å²) in [7, 11) is 1.64. The SMILES string of the molecule is CO[C@H](CC[C@@H](C)[C@H]1O[C@@]23CC(OC(=O)C[C@H]([C@H](C)O)OC(=O)C[C@@](O)(O2)[C@H](C)CC3(C)C)[C@@H]1C)c1cccc(O)c1. The molecule has 42 heavy (non-hydrogen) atoms. The molecule has 0 amide bonds. The summed E-state index contributed by atoms with van der Waals surface area (Å²) in [5.41, 5.74) is 0.268. The second-order valence-electron chi connectivity index (χ2n) is 13.4. The Morgan fingerprint density at radius 2 is 1.79 bits per heavy atom. The number of aliphatic hydroxyl groups is 2. The Labute approximate surface area is 248 Å². The molecule has 10 atom stereocenters. The normalized spacial score (nSPS) is 37.3. The highest BCUT2D eigenvalue weighted by molar-refractivity contribution is 5.73. The molecule has 10 nitrogen and oxygen atoms in total. The van der Waals surface area contributed by atoms with E-state index in [0.717, 1.165) is 5.56 Å². The zero-order valence-corrected chi connectivity index (χ0v) is 25.9. The minimum absolute atomic E-state index is 0.0386. The summed E-state index contributed by atoms with van der Waals surface area (Å²) in [5, 5.41) is 32.0. The van der Waals surface area contributed by atoms with Crippen molar-refractivity contribution >= 4 is 11.9 Å². The lowest BCUT2D eigenvalue weighted by Crippen LogP contribution is -2.68. The van der Waals surface area contributed by atoms with E-state index in [9.17, 15) is 24.9 Å². The molecule has 3 aliphatic heterocycles. The third-order valence-electron chi connectivity index (χ3n) is 9.70. The minimum atomic E-state index is -1.88. The topological polar surface area (TPSA) is 141 Å². The number of hydrogen-bond acceptors (Lipinski definition) is 10. The maximum absolute atomic E-state index is 13.1. The van der Waals surface area contributed by atoms with Gasteiger partial charge < -0.3 is 39.0 Å². The Morgan fingerprint density at radius 3 is 2.43 bits per heavy atom. The fourth-order valence-electron chi connectivity index (χ4n) is 6.97. The van der Waals surface area contributed by atoms with E-state index in [1.165, 1.54) is 6.92 Å². The van der Waals surface area contributed by atoms with Crippen LogP contribution in [-0.2, 0) is 33.3 Å². The summed E-state index contributed by atoms with van der Waals surface area (Å²) < 4.78 is 30.6. The number of methoxy groups -OCH3 is 1. The molecular formula is C32H48O10. The second-order valence-corrected chi connectivity index (χ2v) is 13.4. The molecule has 0 aromatic heterocycles. The molecule has 0 saturated carbocycles. The molecule has 0 radical (unpaired) electrons. The summed E-state index contributed by atoms with van der Waals surface area (Å²) in [6.45, 7) is 11.3. The van der Waals surface area contributed by atoms with Crippen molar-refractivity contribution in [3.05, 3.63) is 29.8 Å². The molecule has 1 spiro atoms. The van der Waals surface area contributed by atoms with E-state index >= 15 is 0 Å². The molecule has 3 heterocycles. The van der Waals surface area contributed by atoms with Crippen LogP contribution in [0.2, 0.25) is 0 Å². The van der Waals surface area contributed by atoms with E-state index < -0.39 is 65.7 Å². The number of aliphatic hydroxyl groups excluding tert-OH is 1. The zero-order valence-electron chi connectivity index (χ0n) is 25.9. The quantitative estimate of drug-likeness (QED) is 0.391. The number of carbonyl (C=O) groups is 2. The van der Waals surface area contributed by atoms with Crippen LogP contribution in [0.15, 0.2) is 24.3 Å². The van der Waals surface area contributed by atoms with Crippen LogP contribution in [0.1, 0.15) is 91.7 Å². The Morgan fingerprint density at radius 1 is 1.07 bits per heavy atom. The predicted molar refractivity (Wildman–Crippen MR) is 152 cm³/mol. The average Bonchev–Trinajstić information content (AvgIpc) is 2.88. The van der Waals surface area contributed by atoms with Crippen molar-refractivity contribution in [1.29, 1.82) is 0 Å². The average molecular weight is 593 g/mol. The molecule has 1 aromatic rings. The largest absolute Gasteiger partial charge is 0.508 e. The standard InChI is InChI=1S/C32H48O10/c1-18(11-12-24(38-7)22-9-8-10-23(34)13-22)29-20(3)26-16-32(41-29)30(5,6)15-19(2)31(37,42-32)17-28(36)39-25(21(4)33)14-27(35)40-26/h8-10,13,18-21,24-26,29,33-34,37H,11-12,14-17H2,1-7H3/t18-,19-,20+,21+,24-,25-,26?,29-,31-,32+/m1/s1. The lowest BCUT2D eigenvalue weighted by atomic mass is 9.66. The van der Waals surface area contributed by atoms with Gasteiger partial charge >= 0.3 is 11.9 Å². The second kappa shape index (κ2) is 12.4. The first-order chi connectivity index (χ1) is 19.6. The van der Waals surface area contributed by atoms with E-state index in [0.29, 0.717) is 19.3 Å². The van der Waals surface area contributed by atoms with Gasteiger partial charge in [-0.2, -0.15) is 0 Å². The van der Waals surface area contributed by atoms with E-state index in [1.54, 1.807) is 25.3 Å². The molecule has 3 saturated heterocycles. The lowest BCUT2D eigenvalue weighted by molar-refractivity contribution is -0.452. The van der Waals surface area contributed by atoms with Crippen molar-refractivity contribution in [2.45, 2.75) is 122 Å². The van der Waals surface area contributed by atoms with Gasteiger partial charge in [0, 0.05) is 30.8 Å². The molecule has 4 rings (SSSR count). The number of ether oxygens (including phenoxy) is 5. The van der Waals surface area contributed by atoms with Gasteiger partial charge in [-0.15, -0.1) is 0 Å². The molecule has 3 aliphatic rings. The van der Waals surface area contributed by atoms with Crippen molar-refractivity contribution in [3.63, 3.8) is 0 Å². The van der Waals surface area contributed by atoms with Crippen LogP contribution in [0.3, 0.4) is 0 Å². The van der Waals surface area contributed by atoms with Gasteiger partial charge in [0.15, 0.2) is 11.6 Å². The highest BCUT2D eigenvalue weighted by atomic mass is 16.8. The van der Waals surface area contributed by atoms with E-state index in [2.05, 4.69) is 6.92 Å². The summed E-state index contributed by atoms with van der Waals surface area (Å²) in [6.07, 6.45) is -2.25. The molecule has 1 unspecified atom stereocenters. The van der Waals surface area contributed by atoms with Gasteiger partial charge in [-0.25, -0.2) is 0 Å². The van der Waals surface area contributed by atoms with Crippen molar-refractivity contribution in [2.24, 2.45) is 23.2 Å². The van der Waals surface area contributed by atoms with Gasteiger partial charge in [0.2, 0.25) is 0 Å². The first-order valence-corrected chi connectivity index (χ1v) is 15.1. The van der Waals surface area contributed by atoms with Gasteiger partial charge in [-0.3, -0.25) is 9.59 Å². The molecule has 236 valence electrons. The summed E-state index contributed by atoms with van der Waals surface area (Å²) >= 11 is 0. The summed E-state index contributed by atoms with van der Waals surface area (Å²) in [5.74, 6) is -5.11. The number of rotatable bonds is 7. The molecule has 10 heteroatoms. The number of phenolic OH excluding ortho intramolecular Hbond substituents is 1. The molecule has 3 bridgehead atoms. The molecular weight excluding hydrogens is 544 g/mol. The Hall–Kier alpha value is -2.24. The fourth-order valence-corrected chi connectivity index (χ4v) is 6.97. The maximum Gasteiger partial charge on any atom is 0.311 e. The fraction of sp³-hybridized carbons (Fsp3) is 0.750. The monoisotopic (exact) mass is 592 g/mol. The highest BCUT2D eigenvalue weighted by Crippen LogP contribution is 2.57. The maximum atomic E-state index is 13.1. The summed E-state index contributed by atoms with van der Waals surface area (Å²) in [6, 6.07) is 7.01. The third-order valence-corrected chi connectivity index (χ3v) is 9.70. The third kappa shape index (κ3) is 6.63. The van der Waals surface area contributed by atoms with Crippen LogP contribution < -0.4 is 0 Å². The van der Waals surface area contributed by atoms with Crippen LogP contribution >= 0.6 is 0 Å². The van der Waals surface area contributed by atoms with Crippen molar-refractivity contribution in [2.75, 3.05) is 7.11 Å². The first kappa shape index (κ1) is 32.7. The van der Waals surface area contributed by atoms with Crippen LogP contribution in [0.5, 0.6) is 5.75 Å². The Balaban J connectivity index is 1.66. The van der Waals surface area contributed by atoms with Crippen LogP contribution in [0.25, 0.3) is 0 Å². The first-order valence-electron chi connectivity index (χ1n) is 15.1. The molecule has 3 N–H and O–H groups in total. The smallest absolute Gasteiger partial charge is 0.311 e. The van der Waals surface area contributed by atoms with Crippen molar-refractivity contribution in [1.82, 2.24) is 0 Å². The number of benzene rings is 1. The van der Waals surface area contributed by atoms with Gasteiger partial charge in [0.1, 0.15) is 18.0 Å². The predicted octanol–water partition coefficient (Wildman–Crippen LogP) is 4.39. The Bertz CT molecular complexity index is 1120. The van der Waals surface area contributed by atoms with Crippen LogP contribution in [0.4, 0.5) is 0 Å². The number of cyclic esters (lactones) is 1. The van der Waals surface area contributed by atoms with Crippen molar-refractivity contribution in [3.8, 4) is 5.75 Å². The summed E-state index contributed by atoms with van der Waals surface area (Å²) in [4.78, 5) is 26.1. The molecule has 1 aromatic carbocycles. The van der Waals surface area contributed by atoms with Gasteiger partial charge in [-0.05, 0) is 49.8 Å². The van der Waals surface area contributed by atoms with Gasteiger partial charge in [0.25, 0.3) is 0 Å². The van der Waals surface area contributed by atoms with Crippen LogP contribution in [-0.4, -0.2) is 70.4 Å². The number of fused-ring (bicyclic) bond motifs is 2. The lowest BCUT2D eigenvalue weighted by Gasteiger charge is -2.61. The van der Waals surface area contributed by atoms with E-state index in [1.807, 2.05) is 33.8 Å². The van der Waals surface area contributed by atoms with Crippen LogP contribution in [0, 0.1) is 23.2 Å². The van der Waals surface area contributed by atoms with Crippen molar-refractivity contribution < 1.29 is 48.6 Å². The van der Waals surface area contributed by atoms with E-state index in [4.69, 9.17) is 23.7 Å². The number of aromatic hydroxyl groups is 1.